The molecule has 0 aromatic carbocycles. The summed E-state index contributed by atoms with van der Waals surface area (Å²) in [6.07, 6.45) is -14.7. The third-order valence-electron chi connectivity index (χ3n) is 2.92. The highest BCUT2D eigenvalue weighted by Gasteiger charge is 2.93. The number of halogens is 12. The van der Waals surface area contributed by atoms with Crippen LogP contribution >= 0.6 is 0 Å². The Labute approximate surface area is 137 Å². The van der Waals surface area contributed by atoms with Gasteiger partial charge in [0.25, 0.3) is 0 Å². The van der Waals surface area contributed by atoms with Gasteiger partial charge in [0.15, 0.2) is 0 Å². The van der Waals surface area contributed by atoms with Gasteiger partial charge in [-0.15, -0.1) is 3.89 Å². The van der Waals surface area contributed by atoms with Crippen LogP contribution in [-0.4, -0.2) is 57.1 Å². The molecule has 2 unspecified atom stereocenters. The lowest BCUT2D eigenvalue weighted by atomic mass is 9.95. The highest BCUT2D eigenvalue weighted by molar-refractivity contribution is 7.87. The van der Waals surface area contributed by atoms with Crippen molar-refractivity contribution in [2.75, 3.05) is 13.7 Å². The lowest BCUT2D eigenvalue weighted by Crippen LogP contribution is -2.78. The van der Waals surface area contributed by atoms with Crippen LogP contribution in [0.3, 0.4) is 0 Å². The summed E-state index contributed by atoms with van der Waals surface area (Å²) in [7, 11) is -8.54. The van der Waals surface area contributed by atoms with Gasteiger partial charge in [0.1, 0.15) is 0 Å². The lowest BCUT2D eigenvalue weighted by molar-refractivity contribution is -0.464. The van der Waals surface area contributed by atoms with Gasteiger partial charge in [-0.1, -0.05) is 0 Å². The minimum Gasteiger partial charge on any atom is -0.344 e. The highest BCUT2D eigenvalue weighted by Crippen LogP contribution is 2.61. The van der Waals surface area contributed by atoms with E-state index >= 15 is 0 Å². The Morgan fingerprint density at radius 3 is 1.35 bits per heavy atom. The topological polar surface area (TPSA) is 52.6 Å². The molecule has 0 rings (SSSR count). The normalized spacial score (nSPS) is 19.8. The van der Waals surface area contributed by atoms with E-state index in [-0.39, 0.29) is 0 Å². The molecule has 17 heteroatoms. The molecule has 26 heavy (non-hydrogen) atoms. The summed E-state index contributed by atoms with van der Waals surface area (Å²) in [6.45, 7) is -1.36. The van der Waals surface area contributed by atoms with Gasteiger partial charge < -0.3 is 9.47 Å². The predicted molar refractivity (Wildman–Crippen MR) is 57.2 cm³/mol. The zero-order valence-corrected chi connectivity index (χ0v) is 13.1. The van der Waals surface area contributed by atoms with E-state index < -0.39 is 58.9 Å². The van der Waals surface area contributed by atoms with E-state index in [0.29, 0.717) is 6.92 Å². The maximum atomic E-state index is 14.2. The summed E-state index contributed by atoms with van der Waals surface area (Å²) < 4.78 is 184. The first-order chi connectivity index (χ1) is 11.1. The second-order valence-corrected chi connectivity index (χ2v) is 5.87. The Kier molecular flexibility index (Phi) is 6.33. The van der Waals surface area contributed by atoms with E-state index in [9.17, 15) is 60.6 Å². The molecule has 2 atom stereocenters. The molecule has 158 valence electrons. The van der Waals surface area contributed by atoms with Crippen LogP contribution in [0.15, 0.2) is 0 Å². The molecule has 0 saturated carbocycles. The van der Waals surface area contributed by atoms with Crippen molar-refractivity contribution in [3.8, 4) is 0 Å². The minimum absolute atomic E-state index is 0.372. The average Bonchev–Trinajstić information content (AvgIpc) is 2.39. The van der Waals surface area contributed by atoms with E-state index in [1.165, 1.54) is 0 Å². The summed E-state index contributed by atoms with van der Waals surface area (Å²) in [5.41, 5.74) is 0. The Bertz CT molecular complexity index is 611. The van der Waals surface area contributed by atoms with E-state index in [1.807, 2.05) is 0 Å². The van der Waals surface area contributed by atoms with Crippen molar-refractivity contribution < 1.29 is 70.1 Å². The van der Waals surface area contributed by atoms with Crippen LogP contribution in [0.5, 0.6) is 0 Å². The molecule has 0 bridgehead atoms. The van der Waals surface area contributed by atoms with Crippen LogP contribution in [0.1, 0.15) is 6.92 Å². The molecule has 4 nitrogen and oxygen atoms in total. The summed E-state index contributed by atoms with van der Waals surface area (Å²) in [5.74, 6) is -21.3. The number of hydrogen-bond acceptors (Lipinski definition) is 4. The smallest absolute Gasteiger partial charge is 0.344 e. The zero-order chi connectivity index (χ0) is 21.6. The summed E-state index contributed by atoms with van der Waals surface area (Å²) in [4.78, 5) is 0. The molecule has 0 saturated heterocycles. The van der Waals surface area contributed by atoms with Gasteiger partial charge in [0, 0.05) is 13.7 Å². The van der Waals surface area contributed by atoms with Gasteiger partial charge in [0.2, 0.25) is 0 Å². The van der Waals surface area contributed by atoms with Crippen molar-refractivity contribution in [3.63, 3.8) is 0 Å². The third-order valence-corrected chi connectivity index (χ3v) is 4.09. The van der Waals surface area contributed by atoms with Crippen LogP contribution in [0.4, 0.5) is 52.2 Å². The van der Waals surface area contributed by atoms with Gasteiger partial charge >= 0.3 is 45.2 Å². The minimum atomic E-state index is -8.03. The van der Waals surface area contributed by atoms with Gasteiger partial charge in [-0.05, 0) is 6.92 Å². The Hall–Kier alpha value is -0.970. The van der Waals surface area contributed by atoms with E-state index in [4.69, 9.17) is 0 Å². The standard InChI is InChI=1S/C9H8F12O4S/c1-3-25-7(24-2,4(10,11)5(12,13)8(15,16)17)6(14,9(18,19)20)26(21,22)23/h3H2,1-2H3. The Balaban J connectivity index is 7.34. The first-order valence-electron chi connectivity index (χ1n) is 5.83. The molecule has 0 aliphatic rings. The molecule has 0 aliphatic carbocycles. The quantitative estimate of drug-likeness (QED) is 0.344. The third kappa shape index (κ3) is 3.10. The molecular weight excluding hydrogens is 432 g/mol. The lowest BCUT2D eigenvalue weighted by Gasteiger charge is -2.47. The van der Waals surface area contributed by atoms with Crippen molar-refractivity contribution in [3.05, 3.63) is 0 Å². The molecular formula is C9H8F12O4S. The van der Waals surface area contributed by atoms with Crippen molar-refractivity contribution in [1.29, 1.82) is 0 Å². The molecule has 0 aliphatic heterocycles. The van der Waals surface area contributed by atoms with Gasteiger partial charge in [-0.25, -0.2) is 4.39 Å². The molecule has 0 radical (unpaired) electrons. The highest BCUT2D eigenvalue weighted by atomic mass is 32.3. The maximum absolute atomic E-state index is 14.2. The van der Waals surface area contributed by atoms with Crippen LogP contribution in [0.25, 0.3) is 0 Å². The van der Waals surface area contributed by atoms with Crippen molar-refractivity contribution in [2.45, 2.75) is 41.9 Å². The van der Waals surface area contributed by atoms with E-state index in [2.05, 4.69) is 9.47 Å². The molecule has 0 heterocycles. The SMILES string of the molecule is CCOC(OC)(C(F)(F)C(F)(F)C(F)(F)F)C(F)(C(F)(F)F)S(=O)(=O)F. The van der Waals surface area contributed by atoms with E-state index in [0.717, 1.165) is 0 Å². The first kappa shape index (κ1) is 25.0. The van der Waals surface area contributed by atoms with Crippen molar-refractivity contribution in [1.82, 2.24) is 0 Å². The first-order valence-corrected chi connectivity index (χ1v) is 7.22. The molecule has 0 aromatic rings. The number of ether oxygens (including phenoxy) is 2. The van der Waals surface area contributed by atoms with Gasteiger partial charge in [0.05, 0.1) is 0 Å². The average molecular weight is 440 g/mol. The second kappa shape index (κ2) is 6.57. The summed E-state index contributed by atoms with van der Waals surface area (Å²) in [5, 5.41) is -7.17. The molecule has 0 fully saturated rings. The Morgan fingerprint density at radius 1 is 0.769 bits per heavy atom. The van der Waals surface area contributed by atoms with Crippen LogP contribution in [0, 0.1) is 0 Å². The van der Waals surface area contributed by atoms with Crippen molar-refractivity contribution >= 4 is 10.2 Å². The number of alkyl halides is 11. The van der Waals surface area contributed by atoms with Gasteiger partial charge in [-0.2, -0.15) is 52.3 Å². The van der Waals surface area contributed by atoms with Gasteiger partial charge in [-0.3, -0.25) is 0 Å². The fourth-order valence-electron chi connectivity index (χ4n) is 1.78. The number of hydrogen-bond donors (Lipinski definition) is 0. The fraction of sp³-hybridized carbons (Fsp3) is 1.00. The fourth-order valence-corrected chi connectivity index (χ4v) is 2.64. The molecule has 0 aromatic heterocycles. The maximum Gasteiger partial charge on any atom is 0.460 e. The number of methoxy groups -OCH3 is 1. The summed E-state index contributed by atoms with van der Waals surface area (Å²) in [6, 6.07) is 0. The molecule has 0 N–H and O–H groups in total. The predicted octanol–water partition coefficient (Wildman–Crippen LogP) is 3.73. The van der Waals surface area contributed by atoms with Crippen LogP contribution in [-0.2, 0) is 19.7 Å². The van der Waals surface area contributed by atoms with Crippen LogP contribution in [0.2, 0.25) is 0 Å². The van der Waals surface area contributed by atoms with Crippen LogP contribution < -0.4 is 0 Å². The van der Waals surface area contributed by atoms with E-state index in [1.54, 1.807) is 0 Å². The second-order valence-electron chi connectivity index (χ2n) is 4.43. The molecule has 0 amide bonds. The summed E-state index contributed by atoms with van der Waals surface area (Å²) >= 11 is 0. The Morgan fingerprint density at radius 2 is 1.15 bits per heavy atom. The van der Waals surface area contributed by atoms with Crippen molar-refractivity contribution in [2.24, 2.45) is 0 Å². The number of rotatable bonds is 7. The zero-order valence-electron chi connectivity index (χ0n) is 12.3. The largest absolute Gasteiger partial charge is 0.460 e. The molecule has 0 spiro atoms. The monoisotopic (exact) mass is 440 g/mol.